The van der Waals surface area contributed by atoms with Crippen molar-refractivity contribution in [3.63, 3.8) is 0 Å². The normalized spacial score (nSPS) is 20.4. The molecule has 0 spiro atoms. The molecular weight excluding hydrogens is 218 g/mol. The van der Waals surface area contributed by atoms with Crippen LogP contribution in [0, 0.1) is 0 Å². The molecule has 0 aromatic rings. The van der Waals surface area contributed by atoms with Crippen LogP contribution < -0.4 is 0 Å². The lowest BCUT2D eigenvalue weighted by Gasteiger charge is -2.30. The SMILES string of the molecule is C=CC1=C(C(=C)C2=CC=C(C)CC2)CCCN1C. The van der Waals surface area contributed by atoms with E-state index in [-0.39, 0.29) is 0 Å². The zero-order valence-electron chi connectivity index (χ0n) is 11.6. The number of likely N-dealkylation sites (N-methyl/N-ethyl adjacent to an activating group) is 1. The summed E-state index contributed by atoms with van der Waals surface area (Å²) in [7, 11) is 2.14. The summed E-state index contributed by atoms with van der Waals surface area (Å²) in [5.41, 5.74) is 6.73. The smallest absolute Gasteiger partial charge is 0.0396 e. The van der Waals surface area contributed by atoms with Crippen molar-refractivity contribution in [3.8, 4) is 0 Å². The van der Waals surface area contributed by atoms with Gasteiger partial charge in [0.05, 0.1) is 0 Å². The molecule has 1 aliphatic heterocycles. The molecule has 0 saturated heterocycles. The zero-order valence-corrected chi connectivity index (χ0v) is 11.6. The van der Waals surface area contributed by atoms with Crippen molar-refractivity contribution in [2.75, 3.05) is 13.6 Å². The van der Waals surface area contributed by atoms with Crippen molar-refractivity contribution in [2.45, 2.75) is 32.6 Å². The summed E-state index contributed by atoms with van der Waals surface area (Å²) in [6, 6.07) is 0. The maximum Gasteiger partial charge on any atom is 0.0396 e. The highest BCUT2D eigenvalue weighted by molar-refractivity contribution is 5.51. The van der Waals surface area contributed by atoms with Crippen LogP contribution in [0.5, 0.6) is 0 Å². The summed E-state index contributed by atoms with van der Waals surface area (Å²) in [5, 5.41) is 0. The van der Waals surface area contributed by atoms with Gasteiger partial charge in [0, 0.05) is 19.3 Å². The second kappa shape index (κ2) is 5.43. The molecule has 1 aliphatic carbocycles. The molecule has 0 fully saturated rings. The van der Waals surface area contributed by atoms with Crippen LogP contribution in [0.1, 0.15) is 32.6 Å². The van der Waals surface area contributed by atoms with Crippen LogP contribution in [0.2, 0.25) is 0 Å². The number of hydrogen-bond acceptors (Lipinski definition) is 1. The van der Waals surface area contributed by atoms with Crippen LogP contribution in [-0.4, -0.2) is 18.5 Å². The molecule has 1 nitrogen and oxygen atoms in total. The molecule has 18 heavy (non-hydrogen) atoms. The van der Waals surface area contributed by atoms with Gasteiger partial charge in [0.15, 0.2) is 0 Å². The molecule has 0 radical (unpaired) electrons. The monoisotopic (exact) mass is 241 g/mol. The Balaban J connectivity index is 2.30. The Kier molecular flexibility index (Phi) is 3.90. The van der Waals surface area contributed by atoms with Gasteiger partial charge in [0.25, 0.3) is 0 Å². The summed E-state index contributed by atoms with van der Waals surface area (Å²) in [6.45, 7) is 11.6. The van der Waals surface area contributed by atoms with Crippen molar-refractivity contribution in [2.24, 2.45) is 0 Å². The molecule has 0 saturated carbocycles. The number of hydrogen-bond donors (Lipinski definition) is 0. The van der Waals surface area contributed by atoms with Gasteiger partial charge >= 0.3 is 0 Å². The third-order valence-electron chi connectivity index (χ3n) is 3.94. The Bertz CT molecular complexity index is 460. The molecule has 0 aromatic heterocycles. The van der Waals surface area contributed by atoms with Crippen LogP contribution in [-0.2, 0) is 0 Å². The fourth-order valence-corrected chi connectivity index (χ4v) is 2.74. The van der Waals surface area contributed by atoms with E-state index in [1.54, 1.807) is 0 Å². The quantitative estimate of drug-likeness (QED) is 0.709. The Morgan fingerprint density at radius 3 is 2.67 bits per heavy atom. The second-order valence-electron chi connectivity index (χ2n) is 5.28. The van der Waals surface area contributed by atoms with Gasteiger partial charge in [-0.05, 0) is 55.4 Å². The van der Waals surface area contributed by atoms with Gasteiger partial charge in [0.1, 0.15) is 0 Å². The Morgan fingerprint density at radius 2 is 2.06 bits per heavy atom. The van der Waals surface area contributed by atoms with E-state index in [2.05, 4.69) is 44.2 Å². The first-order chi connectivity index (χ1) is 8.63. The third-order valence-corrected chi connectivity index (χ3v) is 3.94. The van der Waals surface area contributed by atoms with E-state index in [4.69, 9.17) is 0 Å². The van der Waals surface area contributed by atoms with E-state index in [0.29, 0.717) is 0 Å². The van der Waals surface area contributed by atoms with Gasteiger partial charge in [-0.15, -0.1) is 0 Å². The van der Waals surface area contributed by atoms with E-state index in [1.807, 2.05) is 6.08 Å². The van der Waals surface area contributed by atoms with Gasteiger partial charge in [0.2, 0.25) is 0 Å². The number of allylic oxidation sites excluding steroid dienone is 7. The maximum atomic E-state index is 4.33. The largest absolute Gasteiger partial charge is 0.374 e. The lowest BCUT2D eigenvalue weighted by atomic mass is 9.86. The summed E-state index contributed by atoms with van der Waals surface area (Å²) >= 11 is 0. The molecule has 0 atom stereocenters. The van der Waals surface area contributed by atoms with E-state index in [0.717, 1.165) is 25.8 Å². The molecule has 96 valence electrons. The third kappa shape index (κ3) is 2.50. The van der Waals surface area contributed by atoms with Crippen molar-refractivity contribution >= 4 is 0 Å². The highest BCUT2D eigenvalue weighted by Gasteiger charge is 2.19. The summed E-state index contributed by atoms with van der Waals surface area (Å²) < 4.78 is 0. The van der Waals surface area contributed by atoms with E-state index in [1.165, 1.54) is 34.4 Å². The van der Waals surface area contributed by atoms with Crippen molar-refractivity contribution in [1.29, 1.82) is 0 Å². The molecule has 1 heteroatoms. The minimum Gasteiger partial charge on any atom is -0.374 e. The van der Waals surface area contributed by atoms with Crippen molar-refractivity contribution in [3.05, 3.63) is 59.4 Å². The number of nitrogens with zero attached hydrogens (tertiary/aromatic N) is 1. The lowest BCUT2D eigenvalue weighted by Crippen LogP contribution is -2.24. The molecule has 0 bridgehead atoms. The average Bonchev–Trinajstić information content (AvgIpc) is 2.38. The van der Waals surface area contributed by atoms with Crippen LogP contribution in [0.4, 0.5) is 0 Å². The average molecular weight is 241 g/mol. The first kappa shape index (κ1) is 12.9. The zero-order chi connectivity index (χ0) is 13.1. The fourth-order valence-electron chi connectivity index (χ4n) is 2.74. The van der Waals surface area contributed by atoms with E-state index in [9.17, 15) is 0 Å². The standard InChI is InChI=1S/C17H23N/c1-5-17-16(7-6-12-18(17)4)14(3)15-10-8-13(2)9-11-15/h5,8,10H,1,3,6-7,9,11-12H2,2,4H3. The van der Waals surface area contributed by atoms with Gasteiger partial charge in [-0.25, -0.2) is 0 Å². The highest BCUT2D eigenvalue weighted by Crippen LogP contribution is 2.34. The number of rotatable bonds is 3. The Labute approximate surface area is 111 Å². The molecule has 0 unspecified atom stereocenters. The molecule has 0 aromatic carbocycles. The highest BCUT2D eigenvalue weighted by atomic mass is 15.1. The molecule has 2 rings (SSSR count). The maximum absolute atomic E-state index is 4.33. The van der Waals surface area contributed by atoms with Gasteiger partial charge in [-0.2, -0.15) is 0 Å². The van der Waals surface area contributed by atoms with Crippen LogP contribution >= 0.6 is 0 Å². The lowest BCUT2D eigenvalue weighted by molar-refractivity contribution is 0.393. The van der Waals surface area contributed by atoms with Crippen LogP contribution in [0.3, 0.4) is 0 Å². The Hall–Kier alpha value is -1.50. The predicted octanol–water partition coefficient (Wildman–Crippen LogP) is 4.37. The molecule has 2 aliphatic rings. The first-order valence-electron chi connectivity index (χ1n) is 6.76. The van der Waals surface area contributed by atoms with Crippen molar-refractivity contribution in [1.82, 2.24) is 4.90 Å². The fraction of sp³-hybridized carbons (Fsp3) is 0.412. The topological polar surface area (TPSA) is 3.24 Å². The summed E-state index contributed by atoms with van der Waals surface area (Å²) in [6.07, 6.45) is 11.1. The van der Waals surface area contributed by atoms with E-state index < -0.39 is 0 Å². The molecular formula is C17H23N. The van der Waals surface area contributed by atoms with Crippen LogP contribution in [0.25, 0.3) is 0 Å². The van der Waals surface area contributed by atoms with Crippen LogP contribution in [0.15, 0.2) is 59.4 Å². The van der Waals surface area contributed by atoms with Gasteiger partial charge < -0.3 is 4.90 Å². The summed E-state index contributed by atoms with van der Waals surface area (Å²) in [4.78, 5) is 2.29. The Morgan fingerprint density at radius 1 is 1.28 bits per heavy atom. The first-order valence-corrected chi connectivity index (χ1v) is 6.76. The predicted molar refractivity (Wildman–Crippen MR) is 79.3 cm³/mol. The molecule has 0 amide bonds. The minimum absolute atomic E-state index is 1.12. The van der Waals surface area contributed by atoms with Gasteiger partial charge in [-0.1, -0.05) is 30.9 Å². The molecule has 1 heterocycles. The summed E-state index contributed by atoms with van der Waals surface area (Å²) in [5.74, 6) is 0. The molecule has 0 N–H and O–H groups in total. The minimum atomic E-state index is 1.12. The van der Waals surface area contributed by atoms with Gasteiger partial charge in [-0.3, -0.25) is 0 Å². The van der Waals surface area contributed by atoms with Crippen molar-refractivity contribution < 1.29 is 0 Å². The second-order valence-corrected chi connectivity index (χ2v) is 5.28. The van der Waals surface area contributed by atoms with E-state index >= 15 is 0 Å².